The van der Waals surface area contributed by atoms with Crippen molar-refractivity contribution in [2.45, 2.75) is 25.8 Å². The number of benzene rings is 3. The molecule has 1 aliphatic heterocycles. The van der Waals surface area contributed by atoms with E-state index in [9.17, 15) is 9.59 Å². The van der Waals surface area contributed by atoms with Gasteiger partial charge in [-0.05, 0) is 55.7 Å². The summed E-state index contributed by atoms with van der Waals surface area (Å²) >= 11 is 0. The average molecular weight is 495 g/mol. The van der Waals surface area contributed by atoms with Crippen LogP contribution in [0.5, 0.6) is 5.75 Å². The van der Waals surface area contributed by atoms with E-state index in [0.29, 0.717) is 48.5 Å². The van der Waals surface area contributed by atoms with Gasteiger partial charge >= 0.3 is 0 Å². The van der Waals surface area contributed by atoms with Gasteiger partial charge < -0.3 is 15.0 Å². The summed E-state index contributed by atoms with van der Waals surface area (Å²) in [6.07, 6.45) is 3.19. The molecule has 3 aromatic carbocycles. The van der Waals surface area contributed by atoms with Crippen LogP contribution in [0.3, 0.4) is 0 Å². The van der Waals surface area contributed by atoms with Gasteiger partial charge in [0.15, 0.2) is 0 Å². The van der Waals surface area contributed by atoms with Crippen molar-refractivity contribution in [1.29, 1.82) is 0 Å². The third kappa shape index (κ3) is 5.11. The highest BCUT2D eigenvalue weighted by Gasteiger charge is 2.29. The molecule has 0 atom stereocenters. The van der Waals surface area contributed by atoms with Crippen molar-refractivity contribution in [2.75, 3.05) is 20.2 Å². The van der Waals surface area contributed by atoms with Crippen molar-refractivity contribution in [3.05, 3.63) is 102 Å². The molecular formula is C30H30N4O3. The fraction of sp³-hybridized carbons (Fsp3) is 0.233. The Morgan fingerprint density at radius 1 is 0.892 bits per heavy atom. The zero-order valence-electron chi connectivity index (χ0n) is 21.1. The van der Waals surface area contributed by atoms with Gasteiger partial charge in [0.2, 0.25) is 0 Å². The third-order valence-corrected chi connectivity index (χ3v) is 6.83. The van der Waals surface area contributed by atoms with Gasteiger partial charge in [-0.15, -0.1) is 0 Å². The minimum Gasteiger partial charge on any atom is -0.496 e. The Hall–Kier alpha value is -4.39. The molecule has 0 bridgehead atoms. The highest BCUT2D eigenvalue weighted by molar-refractivity contribution is 6.00. The first kappa shape index (κ1) is 24.3. The van der Waals surface area contributed by atoms with E-state index in [0.717, 1.165) is 16.8 Å². The minimum atomic E-state index is -0.0771. The summed E-state index contributed by atoms with van der Waals surface area (Å²) in [6, 6.07) is 24.9. The van der Waals surface area contributed by atoms with Crippen LogP contribution in [0.4, 0.5) is 0 Å². The highest BCUT2D eigenvalue weighted by Crippen LogP contribution is 2.32. The second-order valence-corrected chi connectivity index (χ2v) is 9.23. The van der Waals surface area contributed by atoms with Gasteiger partial charge in [0.1, 0.15) is 11.4 Å². The molecule has 1 N–H and O–H groups in total. The third-order valence-electron chi connectivity index (χ3n) is 6.83. The normalized spacial score (nSPS) is 13.8. The van der Waals surface area contributed by atoms with Crippen LogP contribution < -0.4 is 10.1 Å². The molecular weight excluding hydrogens is 464 g/mol. The summed E-state index contributed by atoms with van der Waals surface area (Å²) in [5.74, 6) is 0.518. The Kier molecular flexibility index (Phi) is 7.03. The molecule has 2 heterocycles. The maximum absolute atomic E-state index is 13.8. The number of aryl methyl sites for hydroxylation is 1. The molecule has 5 rings (SSSR count). The molecule has 0 radical (unpaired) electrons. The van der Waals surface area contributed by atoms with Crippen molar-refractivity contribution < 1.29 is 14.3 Å². The molecule has 0 aliphatic carbocycles. The summed E-state index contributed by atoms with van der Waals surface area (Å²) in [5.41, 5.74) is 4.39. The number of nitrogens with zero attached hydrogens (tertiary/aromatic N) is 3. The standard InChI is InChI=1S/C30H30N4O3/c1-21-10-6-7-13-24(21)29(35)31-22-16-18-33(19-17-22)30(36)26-20-34(23-11-4-3-5-12-23)32-28(26)25-14-8-9-15-27(25)37-2/h3-15,20,22H,16-19H2,1-2H3,(H,31,35). The number of nitrogens with one attached hydrogen (secondary N) is 1. The number of rotatable bonds is 6. The first-order valence-electron chi connectivity index (χ1n) is 12.5. The number of aromatic nitrogens is 2. The largest absolute Gasteiger partial charge is 0.496 e. The van der Waals surface area contributed by atoms with Gasteiger partial charge in [-0.3, -0.25) is 9.59 Å². The Morgan fingerprint density at radius 3 is 2.30 bits per heavy atom. The molecule has 0 saturated carbocycles. The van der Waals surface area contributed by atoms with Crippen LogP contribution in [0.25, 0.3) is 16.9 Å². The fourth-order valence-corrected chi connectivity index (χ4v) is 4.77. The van der Waals surface area contributed by atoms with Crippen LogP contribution in [0.2, 0.25) is 0 Å². The van der Waals surface area contributed by atoms with E-state index in [4.69, 9.17) is 9.84 Å². The van der Waals surface area contributed by atoms with E-state index in [1.54, 1.807) is 18.0 Å². The molecule has 2 amide bonds. The molecule has 7 nitrogen and oxygen atoms in total. The van der Waals surface area contributed by atoms with Gasteiger partial charge in [0.05, 0.1) is 18.4 Å². The van der Waals surface area contributed by atoms with Gasteiger partial charge in [0.25, 0.3) is 11.8 Å². The molecule has 0 spiro atoms. The minimum absolute atomic E-state index is 0.0249. The Balaban J connectivity index is 1.36. The van der Waals surface area contributed by atoms with Crippen molar-refractivity contribution >= 4 is 11.8 Å². The zero-order chi connectivity index (χ0) is 25.8. The molecule has 1 aliphatic rings. The summed E-state index contributed by atoms with van der Waals surface area (Å²) in [4.78, 5) is 28.4. The first-order chi connectivity index (χ1) is 18.0. The summed E-state index contributed by atoms with van der Waals surface area (Å²) in [6.45, 7) is 3.05. The van der Waals surface area contributed by atoms with Crippen molar-refractivity contribution in [1.82, 2.24) is 20.0 Å². The maximum Gasteiger partial charge on any atom is 0.257 e. The number of hydrogen-bond acceptors (Lipinski definition) is 4. The Labute approximate surface area is 216 Å². The van der Waals surface area contributed by atoms with Gasteiger partial charge in [-0.1, -0.05) is 48.5 Å². The van der Waals surface area contributed by atoms with Gasteiger partial charge in [-0.2, -0.15) is 5.10 Å². The van der Waals surface area contributed by atoms with Gasteiger partial charge in [-0.25, -0.2) is 4.68 Å². The molecule has 37 heavy (non-hydrogen) atoms. The predicted octanol–water partition coefficient (Wildman–Crippen LogP) is 4.89. The molecule has 1 fully saturated rings. The number of hydrogen-bond donors (Lipinski definition) is 1. The van der Waals surface area contributed by atoms with E-state index >= 15 is 0 Å². The summed E-state index contributed by atoms with van der Waals surface area (Å²) < 4.78 is 7.32. The molecule has 188 valence electrons. The number of amides is 2. The molecule has 0 unspecified atom stereocenters. The van der Waals surface area contributed by atoms with Crippen LogP contribution in [0, 0.1) is 6.92 Å². The van der Waals surface area contributed by atoms with Crippen LogP contribution in [0.15, 0.2) is 85.1 Å². The van der Waals surface area contributed by atoms with Gasteiger partial charge in [0, 0.05) is 36.5 Å². The lowest BCUT2D eigenvalue weighted by atomic mass is 10.0. The summed E-state index contributed by atoms with van der Waals surface area (Å²) in [5, 5.41) is 7.95. The van der Waals surface area contributed by atoms with Crippen LogP contribution in [0.1, 0.15) is 39.1 Å². The van der Waals surface area contributed by atoms with Crippen molar-refractivity contribution in [3.63, 3.8) is 0 Å². The number of methoxy groups -OCH3 is 1. The first-order valence-corrected chi connectivity index (χ1v) is 12.5. The van der Waals surface area contributed by atoms with Crippen LogP contribution in [-0.2, 0) is 0 Å². The highest BCUT2D eigenvalue weighted by atomic mass is 16.5. The van der Waals surface area contributed by atoms with E-state index < -0.39 is 0 Å². The summed E-state index contributed by atoms with van der Waals surface area (Å²) in [7, 11) is 1.62. The number of para-hydroxylation sites is 2. The zero-order valence-corrected chi connectivity index (χ0v) is 21.1. The maximum atomic E-state index is 13.8. The van der Waals surface area contributed by atoms with Crippen molar-refractivity contribution in [2.24, 2.45) is 0 Å². The Morgan fingerprint density at radius 2 is 1.57 bits per heavy atom. The average Bonchev–Trinajstić information content (AvgIpc) is 3.39. The topological polar surface area (TPSA) is 76.5 Å². The lowest BCUT2D eigenvalue weighted by Gasteiger charge is -2.32. The smallest absolute Gasteiger partial charge is 0.257 e. The molecule has 1 aromatic heterocycles. The van der Waals surface area contributed by atoms with E-state index in [1.165, 1.54) is 0 Å². The van der Waals surface area contributed by atoms with Crippen LogP contribution in [-0.4, -0.2) is 52.7 Å². The predicted molar refractivity (Wildman–Crippen MR) is 143 cm³/mol. The number of carbonyl (C=O) groups excluding carboxylic acids is 2. The number of likely N-dealkylation sites (tertiary alicyclic amines) is 1. The fourth-order valence-electron chi connectivity index (χ4n) is 4.77. The SMILES string of the molecule is COc1ccccc1-c1nn(-c2ccccc2)cc1C(=O)N1CCC(NC(=O)c2ccccc2C)CC1. The number of ether oxygens (including phenoxy) is 1. The second kappa shape index (κ2) is 10.7. The quantitative estimate of drug-likeness (QED) is 0.414. The Bertz CT molecular complexity index is 1410. The lowest BCUT2D eigenvalue weighted by molar-refractivity contribution is 0.0699. The van der Waals surface area contributed by atoms with Crippen LogP contribution >= 0.6 is 0 Å². The van der Waals surface area contributed by atoms with E-state index in [2.05, 4.69) is 5.32 Å². The van der Waals surface area contributed by atoms with E-state index in [-0.39, 0.29) is 17.9 Å². The monoisotopic (exact) mass is 494 g/mol. The van der Waals surface area contributed by atoms with Crippen molar-refractivity contribution in [3.8, 4) is 22.7 Å². The van der Waals surface area contributed by atoms with E-state index in [1.807, 2.05) is 90.7 Å². The molecule has 4 aromatic rings. The number of piperidine rings is 1. The lowest BCUT2D eigenvalue weighted by Crippen LogP contribution is -2.46. The number of carbonyl (C=O) groups is 2. The second-order valence-electron chi connectivity index (χ2n) is 9.23. The molecule has 7 heteroatoms. The molecule has 1 saturated heterocycles.